The summed E-state index contributed by atoms with van der Waals surface area (Å²) in [5, 5.41) is 9.26. The van der Waals surface area contributed by atoms with Gasteiger partial charge in [0, 0.05) is 45.0 Å². The van der Waals surface area contributed by atoms with Crippen LogP contribution in [0.2, 0.25) is 0 Å². The fourth-order valence-electron chi connectivity index (χ4n) is 3.23. The molecule has 124 valence electrons. The lowest BCUT2D eigenvalue weighted by Gasteiger charge is -2.37. The first-order valence-electron chi connectivity index (χ1n) is 8.66. The molecule has 1 N–H and O–H groups in total. The third kappa shape index (κ3) is 4.70. The van der Waals surface area contributed by atoms with Crippen LogP contribution in [0.15, 0.2) is 24.3 Å². The summed E-state index contributed by atoms with van der Waals surface area (Å²) in [5.41, 5.74) is 2.76. The maximum absolute atomic E-state index is 9.26. The molecule has 4 heteroatoms. The molecule has 1 aromatic rings. The largest absolute Gasteiger partial charge is 0.395 e. The highest BCUT2D eigenvalue weighted by molar-refractivity contribution is 5.54. The van der Waals surface area contributed by atoms with E-state index in [0.29, 0.717) is 0 Å². The van der Waals surface area contributed by atoms with E-state index in [1.165, 1.54) is 11.3 Å². The number of hydrogen-bond acceptors (Lipinski definition) is 4. The van der Waals surface area contributed by atoms with Gasteiger partial charge >= 0.3 is 0 Å². The number of aliphatic hydroxyl groups excluding tert-OH is 1. The second kappa shape index (κ2) is 9.13. The van der Waals surface area contributed by atoms with E-state index in [2.05, 4.69) is 52.8 Å². The number of aliphatic hydroxyl groups is 1. The van der Waals surface area contributed by atoms with Crippen molar-refractivity contribution in [2.45, 2.75) is 26.8 Å². The first kappa shape index (κ1) is 17.3. The van der Waals surface area contributed by atoms with E-state index in [-0.39, 0.29) is 6.61 Å². The summed E-state index contributed by atoms with van der Waals surface area (Å²) in [6.07, 6.45) is 1.12. The zero-order valence-electron chi connectivity index (χ0n) is 14.2. The van der Waals surface area contributed by atoms with Crippen LogP contribution in [-0.4, -0.2) is 67.3 Å². The molecular formula is C18H31N3O. The molecule has 1 aliphatic rings. The monoisotopic (exact) mass is 305 g/mol. The van der Waals surface area contributed by atoms with Crippen molar-refractivity contribution >= 4 is 5.69 Å². The molecule has 1 saturated heterocycles. The van der Waals surface area contributed by atoms with E-state index in [1.807, 2.05) is 0 Å². The Kier molecular flexibility index (Phi) is 7.16. The van der Waals surface area contributed by atoms with Crippen LogP contribution in [0.3, 0.4) is 0 Å². The van der Waals surface area contributed by atoms with E-state index in [0.717, 1.165) is 58.8 Å². The Morgan fingerprint density at radius 3 is 2.41 bits per heavy atom. The molecule has 0 bridgehead atoms. The summed E-state index contributed by atoms with van der Waals surface area (Å²) in [7, 11) is 0. The van der Waals surface area contributed by atoms with E-state index in [4.69, 9.17) is 0 Å². The van der Waals surface area contributed by atoms with Crippen LogP contribution >= 0.6 is 0 Å². The Labute approximate surface area is 135 Å². The summed E-state index contributed by atoms with van der Waals surface area (Å²) in [5.74, 6) is 0. The first-order valence-corrected chi connectivity index (χ1v) is 8.66. The van der Waals surface area contributed by atoms with Gasteiger partial charge in [0.2, 0.25) is 0 Å². The van der Waals surface area contributed by atoms with Crippen molar-refractivity contribution in [3.05, 3.63) is 29.8 Å². The lowest BCUT2D eigenvalue weighted by atomic mass is 10.1. The zero-order chi connectivity index (χ0) is 15.8. The molecule has 0 aromatic heterocycles. The average Bonchev–Trinajstić information content (AvgIpc) is 2.56. The van der Waals surface area contributed by atoms with Gasteiger partial charge in [-0.3, -0.25) is 4.90 Å². The van der Waals surface area contributed by atoms with Crippen LogP contribution in [-0.2, 0) is 6.54 Å². The highest BCUT2D eigenvalue weighted by atomic mass is 16.3. The Bertz CT molecular complexity index is 424. The Morgan fingerprint density at radius 2 is 1.77 bits per heavy atom. The molecule has 0 spiro atoms. The van der Waals surface area contributed by atoms with Crippen molar-refractivity contribution in [1.29, 1.82) is 0 Å². The maximum Gasteiger partial charge on any atom is 0.0558 e. The Morgan fingerprint density at radius 1 is 1.05 bits per heavy atom. The molecule has 0 unspecified atom stereocenters. The second-order valence-electron chi connectivity index (χ2n) is 6.05. The van der Waals surface area contributed by atoms with Crippen LogP contribution in [0, 0.1) is 0 Å². The minimum atomic E-state index is 0.233. The number of anilines is 1. The maximum atomic E-state index is 9.26. The second-order valence-corrected chi connectivity index (χ2v) is 6.05. The lowest BCUT2D eigenvalue weighted by Crippen LogP contribution is -2.46. The molecular weight excluding hydrogens is 274 g/mol. The summed E-state index contributed by atoms with van der Waals surface area (Å²) >= 11 is 0. The van der Waals surface area contributed by atoms with Crippen molar-refractivity contribution < 1.29 is 5.11 Å². The Hall–Kier alpha value is -1.10. The van der Waals surface area contributed by atoms with Gasteiger partial charge in [-0.25, -0.2) is 0 Å². The highest BCUT2D eigenvalue weighted by Gasteiger charge is 2.18. The van der Waals surface area contributed by atoms with Crippen LogP contribution in [0.1, 0.15) is 25.8 Å². The molecule has 1 heterocycles. The quantitative estimate of drug-likeness (QED) is 0.796. The number of piperazine rings is 1. The van der Waals surface area contributed by atoms with Gasteiger partial charge in [0.1, 0.15) is 0 Å². The predicted octanol–water partition coefficient (Wildman–Crippen LogP) is 2.03. The average molecular weight is 305 g/mol. The van der Waals surface area contributed by atoms with E-state index < -0.39 is 0 Å². The highest BCUT2D eigenvalue weighted by Crippen LogP contribution is 2.23. The molecule has 0 atom stereocenters. The standard InChI is InChI=1S/C18H31N3O/c1-3-9-20(14-15-22)16-17-7-5-6-8-18(17)21-12-10-19(4-2)11-13-21/h5-8,22H,3-4,9-16H2,1-2H3. The topological polar surface area (TPSA) is 30.0 Å². The number of para-hydroxylation sites is 1. The van der Waals surface area contributed by atoms with Gasteiger partial charge in [-0.15, -0.1) is 0 Å². The minimum Gasteiger partial charge on any atom is -0.395 e. The van der Waals surface area contributed by atoms with Crippen molar-refractivity contribution in [3.8, 4) is 0 Å². The zero-order valence-corrected chi connectivity index (χ0v) is 14.2. The summed E-state index contributed by atoms with van der Waals surface area (Å²) in [6, 6.07) is 8.76. The predicted molar refractivity (Wildman–Crippen MR) is 93.4 cm³/mol. The molecule has 1 fully saturated rings. The molecule has 0 saturated carbocycles. The van der Waals surface area contributed by atoms with Gasteiger partial charge in [-0.1, -0.05) is 32.0 Å². The van der Waals surface area contributed by atoms with Gasteiger partial charge in [0.15, 0.2) is 0 Å². The van der Waals surface area contributed by atoms with Gasteiger partial charge in [-0.2, -0.15) is 0 Å². The number of benzene rings is 1. The first-order chi connectivity index (χ1) is 10.8. The smallest absolute Gasteiger partial charge is 0.0558 e. The van der Waals surface area contributed by atoms with E-state index in [9.17, 15) is 5.11 Å². The third-order valence-electron chi connectivity index (χ3n) is 4.50. The molecule has 2 rings (SSSR count). The number of rotatable bonds is 8. The number of likely N-dealkylation sites (N-methyl/N-ethyl adjacent to an activating group) is 1. The third-order valence-corrected chi connectivity index (χ3v) is 4.50. The SMILES string of the molecule is CCCN(CCO)Cc1ccccc1N1CCN(CC)CC1. The van der Waals surface area contributed by atoms with Gasteiger partial charge in [0.05, 0.1) is 6.61 Å². The fraction of sp³-hybridized carbons (Fsp3) is 0.667. The summed E-state index contributed by atoms with van der Waals surface area (Å²) in [6.45, 7) is 13.1. The lowest BCUT2D eigenvalue weighted by molar-refractivity contribution is 0.190. The van der Waals surface area contributed by atoms with Gasteiger partial charge < -0.3 is 14.9 Å². The van der Waals surface area contributed by atoms with Crippen molar-refractivity contribution in [3.63, 3.8) is 0 Å². The van der Waals surface area contributed by atoms with Crippen LogP contribution in [0.4, 0.5) is 5.69 Å². The molecule has 1 aromatic carbocycles. The molecule has 4 nitrogen and oxygen atoms in total. The van der Waals surface area contributed by atoms with E-state index in [1.54, 1.807) is 0 Å². The van der Waals surface area contributed by atoms with Crippen LogP contribution < -0.4 is 4.90 Å². The Balaban J connectivity index is 2.06. The summed E-state index contributed by atoms with van der Waals surface area (Å²) in [4.78, 5) is 7.37. The van der Waals surface area contributed by atoms with Gasteiger partial charge in [0.25, 0.3) is 0 Å². The van der Waals surface area contributed by atoms with Crippen molar-refractivity contribution in [2.24, 2.45) is 0 Å². The normalized spacial score (nSPS) is 16.5. The van der Waals surface area contributed by atoms with Crippen molar-refractivity contribution in [1.82, 2.24) is 9.80 Å². The molecule has 0 amide bonds. The molecule has 0 aliphatic carbocycles. The van der Waals surface area contributed by atoms with Crippen molar-refractivity contribution in [2.75, 3.05) is 57.3 Å². The molecule has 0 radical (unpaired) electrons. The number of nitrogens with zero attached hydrogens (tertiary/aromatic N) is 3. The van der Waals surface area contributed by atoms with Gasteiger partial charge in [-0.05, 0) is 31.1 Å². The van der Waals surface area contributed by atoms with Crippen LogP contribution in [0.5, 0.6) is 0 Å². The van der Waals surface area contributed by atoms with Crippen LogP contribution in [0.25, 0.3) is 0 Å². The molecule has 1 aliphatic heterocycles. The fourth-order valence-corrected chi connectivity index (χ4v) is 3.23. The van der Waals surface area contributed by atoms with E-state index >= 15 is 0 Å². The summed E-state index contributed by atoms with van der Waals surface area (Å²) < 4.78 is 0. The molecule has 22 heavy (non-hydrogen) atoms. The minimum absolute atomic E-state index is 0.233. The number of hydrogen-bond donors (Lipinski definition) is 1.